The van der Waals surface area contributed by atoms with Crippen molar-refractivity contribution in [1.82, 2.24) is 14.6 Å². The van der Waals surface area contributed by atoms with E-state index in [0.29, 0.717) is 22.5 Å². The summed E-state index contributed by atoms with van der Waals surface area (Å²) in [5.74, 6) is 0. The summed E-state index contributed by atoms with van der Waals surface area (Å²) < 4.78 is 41.9. The number of aromatic nitrogens is 3. The molecule has 0 saturated carbocycles. The molecule has 0 N–H and O–H groups in total. The van der Waals surface area contributed by atoms with Crippen molar-refractivity contribution in [2.24, 2.45) is 0 Å². The van der Waals surface area contributed by atoms with Crippen molar-refractivity contribution in [1.29, 1.82) is 0 Å². The predicted molar refractivity (Wildman–Crippen MR) is 122 cm³/mol. The average molecular weight is 456 g/mol. The van der Waals surface area contributed by atoms with Crippen LogP contribution in [0.2, 0.25) is 0 Å². The van der Waals surface area contributed by atoms with Crippen molar-refractivity contribution in [3.8, 4) is 11.3 Å². The van der Waals surface area contributed by atoms with Gasteiger partial charge in [0.25, 0.3) is 5.69 Å². The largest absolute Gasteiger partial charge is 0.413 e. The summed E-state index contributed by atoms with van der Waals surface area (Å²) in [5.41, 5.74) is 2.19. The number of fused-ring (bicyclic) bond motifs is 1. The van der Waals surface area contributed by atoms with Crippen LogP contribution in [-0.4, -0.2) is 25.7 Å². The number of halogens is 3. The van der Waals surface area contributed by atoms with E-state index in [0.717, 1.165) is 18.9 Å². The Balaban J connectivity index is 2.10. The monoisotopic (exact) mass is 456 g/mol. The first-order chi connectivity index (χ1) is 15.5. The van der Waals surface area contributed by atoms with E-state index < -0.39 is 16.7 Å². The lowest BCUT2D eigenvalue weighted by atomic mass is 10.0. The van der Waals surface area contributed by atoms with Crippen molar-refractivity contribution in [3.63, 3.8) is 0 Å². The van der Waals surface area contributed by atoms with Crippen LogP contribution in [0, 0.1) is 17.0 Å². The second-order valence-corrected chi connectivity index (χ2v) is 7.67. The first-order valence-corrected chi connectivity index (χ1v) is 10.3. The first kappa shape index (κ1) is 23.9. The number of nitrogens with zero attached hydrogens (tertiary/aromatic N) is 4. The smallest absolute Gasteiger partial charge is 0.258 e. The van der Waals surface area contributed by atoms with Gasteiger partial charge in [0.05, 0.1) is 22.5 Å². The van der Waals surface area contributed by atoms with Gasteiger partial charge in [0.2, 0.25) is 0 Å². The van der Waals surface area contributed by atoms with Crippen LogP contribution in [0.4, 0.5) is 18.9 Å². The van der Waals surface area contributed by atoms with E-state index in [1.165, 1.54) is 22.7 Å². The number of imidazole rings is 1. The molecule has 9 heteroatoms. The van der Waals surface area contributed by atoms with Crippen molar-refractivity contribution < 1.29 is 18.1 Å². The standard InChI is InChI=1S/C24H23F3N4O2/c1-5-15(2)7-6-8-19(17(4)24(25,26)27)20-11-12-23-28-21(14-30(23)29-20)18-10-9-16(3)22(13-18)31(32)33/h6-14H,5H2,1-4H3/b8-6-,15-7+,19-17-. The minimum atomic E-state index is -4.51. The molecule has 1 aromatic carbocycles. The van der Waals surface area contributed by atoms with Gasteiger partial charge in [0, 0.05) is 28.3 Å². The van der Waals surface area contributed by atoms with E-state index in [1.807, 2.05) is 13.8 Å². The number of rotatable bonds is 6. The summed E-state index contributed by atoms with van der Waals surface area (Å²) in [5, 5.41) is 15.6. The quantitative estimate of drug-likeness (QED) is 0.231. The molecule has 172 valence electrons. The molecular formula is C24H23F3N4O2. The first-order valence-electron chi connectivity index (χ1n) is 10.3. The van der Waals surface area contributed by atoms with Gasteiger partial charge in [-0.05, 0) is 39.3 Å². The topological polar surface area (TPSA) is 73.3 Å². The molecule has 0 aliphatic heterocycles. The minimum Gasteiger partial charge on any atom is -0.258 e. The lowest BCUT2D eigenvalue weighted by Gasteiger charge is -2.12. The number of nitro groups is 1. The summed E-state index contributed by atoms with van der Waals surface area (Å²) >= 11 is 0. The molecule has 0 unspecified atom stereocenters. The highest BCUT2D eigenvalue weighted by Gasteiger charge is 2.33. The van der Waals surface area contributed by atoms with Gasteiger partial charge in [-0.1, -0.05) is 42.9 Å². The van der Waals surface area contributed by atoms with Crippen molar-refractivity contribution in [3.05, 3.63) is 87.3 Å². The molecule has 2 heterocycles. The van der Waals surface area contributed by atoms with Crippen molar-refractivity contribution >= 4 is 16.9 Å². The van der Waals surface area contributed by atoms with Crippen LogP contribution in [0.3, 0.4) is 0 Å². The zero-order valence-corrected chi connectivity index (χ0v) is 18.6. The second-order valence-electron chi connectivity index (χ2n) is 7.67. The number of hydrogen-bond acceptors (Lipinski definition) is 4. The molecule has 0 aliphatic rings. The van der Waals surface area contributed by atoms with E-state index in [2.05, 4.69) is 10.1 Å². The van der Waals surface area contributed by atoms with Gasteiger partial charge < -0.3 is 0 Å². The maximum atomic E-state index is 13.5. The zero-order valence-electron chi connectivity index (χ0n) is 18.6. The highest BCUT2D eigenvalue weighted by Crippen LogP contribution is 2.33. The van der Waals surface area contributed by atoms with Crippen LogP contribution in [0.1, 0.15) is 38.4 Å². The summed E-state index contributed by atoms with van der Waals surface area (Å²) in [6.07, 6.45) is 2.57. The molecule has 3 rings (SSSR count). The molecule has 33 heavy (non-hydrogen) atoms. The molecular weight excluding hydrogens is 433 g/mol. The fraction of sp³-hybridized carbons (Fsp3) is 0.250. The van der Waals surface area contributed by atoms with Crippen LogP contribution in [0.5, 0.6) is 0 Å². The third-order valence-electron chi connectivity index (χ3n) is 5.33. The van der Waals surface area contributed by atoms with Crippen LogP contribution >= 0.6 is 0 Å². The number of alkyl halides is 3. The third-order valence-corrected chi connectivity index (χ3v) is 5.33. The fourth-order valence-electron chi connectivity index (χ4n) is 3.11. The number of nitro benzene ring substituents is 1. The van der Waals surface area contributed by atoms with E-state index in [9.17, 15) is 23.3 Å². The Hall–Kier alpha value is -3.75. The van der Waals surface area contributed by atoms with E-state index in [4.69, 9.17) is 0 Å². The van der Waals surface area contributed by atoms with Crippen LogP contribution < -0.4 is 0 Å². The van der Waals surface area contributed by atoms with E-state index >= 15 is 0 Å². The van der Waals surface area contributed by atoms with Crippen LogP contribution in [0.15, 0.2) is 65.9 Å². The molecule has 0 radical (unpaired) electrons. The Morgan fingerprint density at radius 1 is 1.21 bits per heavy atom. The second kappa shape index (κ2) is 9.40. The number of aryl methyl sites for hydroxylation is 1. The van der Waals surface area contributed by atoms with Crippen LogP contribution in [0.25, 0.3) is 22.5 Å². The number of allylic oxidation sites excluding steroid dienone is 6. The molecule has 0 aliphatic carbocycles. The van der Waals surface area contributed by atoms with Gasteiger partial charge in [-0.25, -0.2) is 9.50 Å². The molecule has 6 nitrogen and oxygen atoms in total. The van der Waals surface area contributed by atoms with Gasteiger partial charge in [0.15, 0.2) is 5.65 Å². The predicted octanol–water partition coefficient (Wildman–Crippen LogP) is 6.86. The Morgan fingerprint density at radius 3 is 2.58 bits per heavy atom. The molecule has 0 fully saturated rings. The van der Waals surface area contributed by atoms with Crippen LogP contribution in [-0.2, 0) is 0 Å². The highest BCUT2D eigenvalue weighted by atomic mass is 19.4. The summed E-state index contributed by atoms with van der Waals surface area (Å²) in [4.78, 5) is 15.2. The average Bonchev–Trinajstić information content (AvgIpc) is 3.19. The SMILES string of the molecule is CC/C(C)=C/C=C\C(=C(/C)C(F)(F)F)c1ccc2nc(-c3ccc(C)c([N+](=O)[O-])c3)cn2n1. The van der Waals surface area contributed by atoms with Gasteiger partial charge in [-0.2, -0.15) is 18.3 Å². The zero-order chi connectivity index (χ0) is 24.3. The van der Waals surface area contributed by atoms with Crippen molar-refractivity contribution in [2.75, 3.05) is 0 Å². The number of hydrogen-bond donors (Lipinski definition) is 0. The normalized spacial score (nSPS) is 13.6. The lowest BCUT2D eigenvalue weighted by Crippen LogP contribution is -2.11. The minimum absolute atomic E-state index is 0.0372. The molecule has 0 amide bonds. The number of benzene rings is 1. The van der Waals surface area contributed by atoms with E-state index in [-0.39, 0.29) is 17.0 Å². The van der Waals surface area contributed by atoms with Gasteiger partial charge in [-0.15, -0.1) is 0 Å². The van der Waals surface area contributed by atoms with E-state index in [1.54, 1.807) is 43.5 Å². The fourth-order valence-corrected chi connectivity index (χ4v) is 3.11. The molecule has 0 atom stereocenters. The summed E-state index contributed by atoms with van der Waals surface area (Å²) in [6.45, 7) is 6.52. The Bertz CT molecular complexity index is 1300. The molecule has 0 saturated heterocycles. The van der Waals surface area contributed by atoms with Gasteiger partial charge in [-0.3, -0.25) is 10.1 Å². The molecule has 0 spiro atoms. The summed E-state index contributed by atoms with van der Waals surface area (Å²) in [7, 11) is 0. The van der Waals surface area contributed by atoms with Crippen molar-refractivity contribution in [2.45, 2.75) is 40.3 Å². The third kappa shape index (κ3) is 5.36. The maximum Gasteiger partial charge on any atom is 0.413 e. The Kier molecular flexibility index (Phi) is 6.81. The summed E-state index contributed by atoms with van der Waals surface area (Å²) in [6, 6.07) is 7.80. The molecule has 0 bridgehead atoms. The molecule has 3 aromatic rings. The van der Waals surface area contributed by atoms with Gasteiger partial charge in [0.1, 0.15) is 0 Å². The van der Waals surface area contributed by atoms with Gasteiger partial charge >= 0.3 is 6.18 Å². The molecule has 2 aromatic heterocycles. The Morgan fingerprint density at radius 2 is 1.94 bits per heavy atom. The maximum absolute atomic E-state index is 13.5. The highest BCUT2D eigenvalue weighted by molar-refractivity contribution is 5.76. The Labute approximate surface area is 188 Å². The lowest BCUT2D eigenvalue weighted by molar-refractivity contribution is -0.385.